The zero-order valence-electron chi connectivity index (χ0n) is 11.3. The lowest BCUT2D eigenvalue weighted by molar-refractivity contribution is 0.0610. The average Bonchev–Trinajstić information content (AvgIpc) is 2.73. The van der Waals surface area contributed by atoms with E-state index in [4.69, 9.17) is 4.74 Å². The van der Waals surface area contributed by atoms with Gasteiger partial charge in [0.15, 0.2) is 0 Å². The number of rotatable bonds is 8. The van der Waals surface area contributed by atoms with Gasteiger partial charge >= 0.3 is 0 Å². The van der Waals surface area contributed by atoms with Crippen molar-refractivity contribution >= 4 is 0 Å². The van der Waals surface area contributed by atoms with Crippen molar-refractivity contribution in [3.63, 3.8) is 0 Å². The molecule has 0 aromatic carbocycles. The van der Waals surface area contributed by atoms with Crippen LogP contribution in [0.1, 0.15) is 33.5 Å². The highest BCUT2D eigenvalue weighted by atomic mass is 16.5. The number of ether oxygens (including phenoxy) is 1. The molecule has 1 atom stereocenters. The predicted molar refractivity (Wildman–Crippen MR) is 68.0 cm³/mol. The van der Waals surface area contributed by atoms with Gasteiger partial charge in [-0.25, -0.2) is 4.98 Å². The van der Waals surface area contributed by atoms with Crippen LogP contribution < -0.4 is 5.32 Å². The third-order valence-corrected chi connectivity index (χ3v) is 2.55. The molecular formula is C12H24N4O. The van der Waals surface area contributed by atoms with Gasteiger partial charge in [0.25, 0.3) is 0 Å². The van der Waals surface area contributed by atoms with Crippen molar-refractivity contribution in [2.24, 2.45) is 0 Å². The van der Waals surface area contributed by atoms with Crippen LogP contribution >= 0.6 is 0 Å². The summed E-state index contributed by atoms with van der Waals surface area (Å²) in [4.78, 5) is 4.29. The molecule has 98 valence electrons. The Balaban J connectivity index is 2.53. The summed E-state index contributed by atoms with van der Waals surface area (Å²) >= 11 is 0. The molecule has 0 radical (unpaired) electrons. The first-order valence-corrected chi connectivity index (χ1v) is 6.39. The van der Waals surface area contributed by atoms with Crippen molar-refractivity contribution in [3.05, 3.63) is 12.2 Å². The van der Waals surface area contributed by atoms with Gasteiger partial charge in [-0.05, 0) is 27.3 Å². The molecule has 1 heterocycles. The van der Waals surface area contributed by atoms with Crippen molar-refractivity contribution in [1.82, 2.24) is 20.1 Å². The first kappa shape index (κ1) is 14.1. The van der Waals surface area contributed by atoms with Gasteiger partial charge in [-0.2, -0.15) is 5.10 Å². The predicted octanol–water partition coefficient (Wildman–Crippen LogP) is 1.24. The minimum absolute atomic E-state index is 0.264. The molecule has 0 fully saturated rings. The summed E-state index contributed by atoms with van der Waals surface area (Å²) in [6.45, 7) is 10.8. The first-order valence-electron chi connectivity index (χ1n) is 6.39. The van der Waals surface area contributed by atoms with Crippen molar-refractivity contribution in [2.45, 2.75) is 52.8 Å². The van der Waals surface area contributed by atoms with Crippen LogP contribution in [0.15, 0.2) is 6.33 Å². The van der Waals surface area contributed by atoms with E-state index in [0.29, 0.717) is 12.6 Å². The standard InChI is InChI=1S/C12H24N4O/c1-5-13-11(8-17-10(3)4)7-12-14-9-15-16(12)6-2/h9-11,13H,5-8H2,1-4H3. The van der Waals surface area contributed by atoms with Gasteiger partial charge in [0, 0.05) is 19.0 Å². The van der Waals surface area contributed by atoms with E-state index < -0.39 is 0 Å². The summed E-state index contributed by atoms with van der Waals surface area (Å²) in [5.74, 6) is 1.02. The van der Waals surface area contributed by atoms with E-state index in [1.54, 1.807) is 6.33 Å². The maximum atomic E-state index is 5.66. The summed E-state index contributed by atoms with van der Waals surface area (Å²) in [6, 6.07) is 0.303. The molecule has 1 aromatic rings. The maximum Gasteiger partial charge on any atom is 0.138 e. The van der Waals surface area contributed by atoms with Gasteiger partial charge in [0.1, 0.15) is 12.2 Å². The minimum atomic E-state index is 0.264. The van der Waals surface area contributed by atoms with Crippen LogP contribution in [0.4, 0.5) is 0 Å². The zero-order valence-corrected chi connectivity index (χ0v) is 11.3. The monoisotopic (exact) mass is 240 g/mol. The maximum absolute atomic E-state index is 5.66. The molecule has 1 unspecified atom stereocenters. The summed E-state index contributed by atoms with van der Waals surface area (Å²) in [5.41, 5.74) is 0. The van der Waals surface area contributed by atoms with E-state index in [0.717, 1.165) is 25.3 Å². The number of likely N-dealkylation sites (N-methyl/N-ethyl adjacent to an activating group) is 1. The molecule has 0 aliphatic heterocycles. The Bertz CT molecular complexity index is 311. The van der Waals surface area contributed by atoms with Crippen LogP contribution in [0, 0.1) is 0 Å². The second kappa shape index (κ2) is 7.40. The fraction of sp³-hybridized carbons (Fsp3) is 0.833. The van der Waals surface area contributed by atoms with Crippen LogP contribution in [0.3, 0.4) is 0 Å². The van der Waals surface area contributed by atoms with E-state index in [9.17, 15) is 0 Å². The van der Waals surface area contributed by atoms with E-state index in [-0.39, 0.29) is 6.10 Å². The number of nitrogens with one attached hydrogen (secondary N) is 1. The van der Waals surface area contributed by atoms with Gasteiger partial charge < -0.3 is 10.1 Å². The molecule has 0 bridgehead atoms. The number of hydrogen-bond acceptors (Lipinski definition) is 4. The molecule has 0 aliphatic carbocycles. The molecule has 0 saturated carbocycles. The Morgan fingerprint density at radius 3 is 2.76 bits per heavy atom. The van der Waals surface area contributed by atoms with Gasteiger partial charge in [0.05, 0.1) is 12.7 Å². The van der Waals surface area contributed by atoms with E-state index in [1.165, 1.54) is 0 Å². The number of aromatic nitrogens is 3. The Hall–Kier alpha value is -0.940. The van der Waals surface area contributed by atoms with Crippen molar-refractivity contribution < 1.29 is 4.74 Å². The van der Waals surface area contributed by atoms with Crippen LogP contribution in [-0.2, 0) is 17.7 Å². The molecule has 5 heteroatoms. The lowest BCUT2D eigenvalue weighted by atomic mass is 10.2. The molecule has 1 N–H and O–H groups in total. The third kappa shape index (κ3) is 4.83. The summed E-state index contributed by atoms with van der Waals surface area (Å²) < 4.78 is 7.59. The minimum Gasteiger partial charge on any atom is -0.377 e. The molecule has 1 aromatic heterocycles. The van der Waals surface area contributed by atoms with Crippen molar-refractivity contribution in [2.75, 3.05) is 13.2 Å². The Labute approximate surface area is 104 Å². The number of nitrogens with zero attached hydrogens (tertiary/aromatic N) is 3. The fourth-order valence-electron chi connectivity index (χ4n) is 1.72. The van der Waals surface area contributed by atoms with Gasteiger partial charge in [-0.1, -0.05) is 6.92 Å². The average molecular weight is 240 g/mol. The van der Waals surface area contributed by atoms with Crippen LogP contribution in [0.25, 0.3) is 0 Å². The lowest BCUT2D eigenvalue weighted by Crippen LogP contribution is -2.37. The molecule has 1 rings (SSSR count). The first-order chi connectivity index (χ1) is 8.17. The smallest absolute Gasteiger partial charge is 0.138 e. The molecule has 0 aliphatic rings. The van der Waals surface area contributed by atoms with Gasteiger partial charge in [-0.15, -0.1) is 0 Å². The fourth-order valence-corrected chi connectivity index (χ4v) is 1.72. The normalized spacial score (nSPS) is 13.2. The molecule has 0 amide bonds. The summed E-state index contributed by atoms with van der Waals surface area (Å²) in [5, 5.41) is 7.60. The topological polar surface area (TPSA) is 52.0 Å². The molecular weight excluding hydrogens is 216 g/mol. The molecule has 0 spiro atoms. The molecule has 5 nitrogen and oxygen atoms in total. The Kier molecular flexibility index (Phi) is 6.15. The highest BCUT2D eigenvalue weighted by Gasteiger charge is 2.13. The molecule has 0 saturated heterocycles. The second-order valence-electron chi connectivity index (χ2n) is 4.33. The van der Waals surface area contributed by atoms with E-state index in [1.807, 2.05) is 4.68 Å². The van der Waals surface area contributed by atoms with Crippen LogP contribution in [0.5, 0.6) is 0 Å². The Morgan fingerprint density at radius 1 is 1.41 bits per heavy atom. The Morgan fingerprint density at radius 2 is 2.18 bits per heavy atom. The van der Waals surface area contributed by atoms with Crippen molar-refractivity contribution in [3.8, 4) is 0 Å². The van der Waals surface area contributed by atoms with Crippen LogP contribution in [0.2, 0.25) is 0 Å². The van der Waals surface area contributed by atoms with Crippen LogP contribution in [-0.4, -0.2) is 40.1 Å². The summed E-state index contributed by atoms with van der Waals surface area (Å²) in [7, 11) is 0. The number of hydrogen-bond donors (Lipinski definition) is 1. The summed E-state index contributed by atoms with van der Waals surface area (Å²) in [6.07, 6.45) is 2.74. The van der Waals surface area contributed by atoms with E-state index in [2.05, 4.69) is 43.1 Å². The highest BCUT2D eigenvalue weighted by molar-refractivity contribution is 4.89. The second-order valence-corrected chi connectivity index (χ2v) is 4.33. The number of aryl methyl sites for hydroxylation is 1. The third-order valence-electron chi connectivity index (χ3n) is 2.55. The zero-order chi connectivity index (χ0) is 12.7. The van der Waals surface area contributed by atoms with Gasteiger partial charge in [-0.3, -0.25) is 4.68 Å². The largest absolute Gasteiger partial charge is 0.377 e. The van der Waals surface area contributed by atoms with Crippen molar-refractivity contribution in [1.29, 1.82) is 0 Å². The lowest BCUT2D eigenvalue weighted by Gasteiger charge is -2.19. The highest BCUT2D eigenvalue weighted by Crippen LogP contribution is 2.02. The SMILES string of the molecule is CCNC(COC(C)C)Cc1ncnn1CC. The van der Waals surface area contributed by atoms with Gasteiger partial charge in [0.2, 0.25) is 0 Å². The quantitative estimate of drug-likeness (QED) is 0.743. The van der Waals surface area contributed by atoms with E-state index >= 15 is 0 Å². The molecule has 17 heavy (non-hydrogen) atoms.